The van der Waals surface area contributed by atoms with Gasteiger partial charge in [-0.2, -0.15) is 11.8 Å². The molecule has 4 saturated carbocycles. The summed E-state index contributed by atoms with van der Waals surface area (Å²) in [6.07, 6.45) is 9.68. The Morgan fingerprint density at radius 2 is 1.59 bits per heavy atom. The van der Waals surface area contributed by atoms with E-state index < -0.39 is 6.04 Å². The summed E-state index contributed by atoms with van der Waals surface area (Å²) in [5.74, 6) is 2.01. The van der Waals surface area contributed by atoms with Crippen molar-refractivity contribution in [3.63, 3.8) is 0 Å². The smallest absolute Gasteiger partial charge is 0.262 e. The third-order valence-corrected chi connectivity index (χ3v) is 8.22. The van der Waals surface area contributed by atoms with Crippen molar-refractivity contribution in [1.29, 1.82) is 0 Å². The molecular formula is C23H28N2O3S. The number of nitrogens with one attached hydrogen (secondary N) is 1. The van der Waals surface area contributed by atoms with E-state index in [1.165, 1.54) is 55.2 Å². The van der Waals surface area contributed by atoms with Crippen LogP contribution in [0.4, 0.5) is 0 Å². The molecule has 29 heavy (non-hydrogen) atoms. The van der Waals surface area contributed by atoms with E-state index in [1.807, 2.05) is 6.26 Å². The molecule has 0 unspecified atom stereocenters. The Kier molecular flexibility index (Phi) is 4.72. The summed E-state index contributed by atoms with van der Waals surface area (Å²) in [4.78, 5) is 40.1. The number of imide groups is 1. The SMILES string of the molecule is CSC[C@H](C(=O)NCC12CC3CC(CC(C3)C1)C2)N1C(=O)c2ccccc2C1=O. The molecule has 154 valence electrons. The van der Waals surface area contributed by atoms with Crippen LogP contribution in [0.5, 0.6) is 0 Å². The van der Waals surface area contributed by atoms with Crippen LogP contribution in [0.3, 0.4) is 0 Å². The summed E-state index contributed by atoms with van der Waals surface area (Å²) in [5, 5.41) is 3.17. The van der Waals surface area contributed by atoms with Crippen LogP contribution in [0.15, 0.2) is 24.3 Å². The van der Waals surface area contributed by atoms with Gasteiger partial charge in [-0.05, 0) is 80.1 Å². The van der Waals surface area contributed by atoms with Gasteiger partial charge in [-0.1, -0.05) is 12.1 Å². The molecule has 5 nitrogen and oxygen atoms in total. The highest BCUT2D eigenvalue weighted by molar-refractivity contribution is 7.98. The van der Waals surface area contributed by atoms with E-state index in [2.05, 4.69) is 5.32 Å². The fourth-order valence-electron chi connectivity index (χ4n) is 6.82. The highest BCUT2D eigenvalue weighted by Gasteiger charge is 2.51. The number of rotatable bonds is 6. The van der Waals surface area contributed by atoms with Crippen molar-refractivity contribution in [3.05, 3.63) is 35.4 Å². The minimum atomic E-state index is -0.758. The van der Waals surface area contributed by atoms with E-state index >= 15 is 0 Å². The zero-order valence-electron chi connectivity index (χ0n) is 16.9. The number of hydrogen-bond donors (Lipinski definition) is 1. The molecule has 0 spiro atoms. The summed E-state index contributed by atoms with van der Waals surface area (Å²) < 4.78 is 0. The summed E-state index contributed by atoms with van der Waals surface area (Å²) in [6, 6.07) is 6.08. The number of benzene rings is 1. The minimum Gasteiger partial charge on any atom is -0.354 e. The third kappa shape index (κ3) is 3.20. The lowest BCUT2D eigenvalue weighted by molar-refractivity contribution is -0.126. The molecule has 4 aliphatic carbocycles. The maximum absolute atomic E-state index is 13.2. The predicted octanol–water partition coefficient (Wildman–Crippen LogP) is 3.35. The first-order valence-corrected chi connectivity index (χ1v) is 12.1. The van der Waals surface area contributed by atoms with Gasteiger partial charge >= 0.3 is 0 Å². The lowest BCUT2D eigenvalue weighted by Crippen LogP contribution is -2.55. The van der Waals surface area contributed by atoms with Gasteiger partial charge in [0.05, 0.1) is 11.1 Å². The molecule has 4 bridgehead atoms. The van der Waals surface area contributed by atoms with E-state index in [0.717, 1.165) is 17.8 Å². The van der Waals surface area contributed by atoms with Crippen molar-refractivity contribution in [2.75, 3.05) is 18.6 Å². The molecule has 1 heterocycles. The van der Waals surface area contributed by atoms with Crippen molar-refractivity contribution in [3.8, 4) is 0 Å². The molecule has 1 aliphatic heterocycles. The second-order valence-electron chi connectivity index (χ2n) is 9.63. The summed E-state index contributed by atoms with van der Waals surface area (Å²) in [7, 11) is 0. The lowest BCUT2D eigenvalue weighted by Gasteiger charge is -2.57. The number of nitrogens with zero attached hydrogens (tertiary/aromatic N) is 1. The number of hydrogen-bond acceptors (Lipinski definition) is 4. The monoisotopic (exact) mass is 412 g/mol. The molecule has 1 aromatic rings. The van der Waals surface area contributed by atoms with Crippen molar-refractivity contribution in [2.45, 2.75) is 44.6 Å². The van der Waals surface area contributed by atoms with Crippen LogP contribution in [-0.2, 0) is 4.79 Å². The van der Waals surface area contributed by atoms with Crippen LogP contribution >= 0.6 is 11.8 Å². The van der Waals surface area contributed by atoms with Crippen LogP contribution in [0, 0.1) is 23.2 Å². The van der Waals surface area contributed by atoms with Crippen LogP contribution in [-0.4, -0.2) is 47.2 Å². The second-order valence-corrected chi connectivity index (χ2v) is 10.5. The number of amides is 3. The maximum Gasteiger partial charge on any atom is 0.262 e. The average Bonchev–Trinajstić information content (AvgIpc) is 2.94. The molecule has 1 aromatic carbocycles. The molecule has 0 saturated heterocycles. The molecule has 6 rings (SSSR count). The van der Waals surface area contributed by atoms with Crippen molar-refractivity contribution >= 4 is 29.5 Å². The van der Waals surface area contributed by atoms with Gasteiger partial charge in [-0.3, -0.25) is 19.3 Å². The molecule has 3 amide bonds. The Labute approximate surface area is 176 Å². The molecule has 4 fully saturated rings. The Balaban J connectivity index is 1.31. The normalized spacial score (nSPS) is 33.1. The highest BCUT2D eigenvalue weighted by Crippen LogP contribution is 2.59. The number of thioether (sulfide) groups is 1. The van der Waals surface area contributed by atoms with Crippen LogP contribution < -0.4 is 5.32 Å². The fourth-order valence-corrected chi connectivity index (χ4v) is 7.43. The minimum absolute atomic E-state index is 0.190. The molecule has 0 radical (unpaired) electrons. The van der Waals surface area contributed by atoms with E-state index in [9.17, 15) is 14.4 Å². The van der Waals surface area contributed by atoms with Gasteiger partial charge in [0.25, 0.3) is 11.8 Å². The van der Waals surface area contributed by atoms with Gasteiger partial charge in [0.1, 0.15) is 6.04 Å². The lowest BCUT2D eigenvalue weighted by atomic mass is 9.49. The zero-order chi connectivity index (χ0) is 20.2. The van der Waals surface area contributed by atoms with Gasteiger partial charge in [0, 0.05) is 12.3 Å². The van der Waals surface area contributed by atoms with Gasteiger partial charge in [0.2, 0.25) is 5.91 Å². The largest absolute Gasteiger partial charge is 0.354 e. The van der Waals surface area contributed by atoms with Gasteiger partial charge in [-0.25, -0.2) is 0 Å². The Morgan fingerprint density at radius 1 is 1.07 bits per heavy atom. The van der Waals surface area contributed by atoms with Gasteiger partial charge in [0.15, 0.2) is 0 Å². The van der Waals surface area contributed by atoms with Gasteiger partial charge in [-0.15, -0.1) is 0 Å². The maximum atomic E-state index is 13.2. The topological polar surface area (TPSA) is 66.5 Å². The average molecular weight is 413 g/mol. The van der Waals surface area contributed by atoms with E-state index in [4.69, 9.17) is 0 Å². The van der Waals surface area contributed by atoms with Crippen molar-refractivity contribution in [2.24, 2.45) is 23.2 Å². The summed E-state index contributed by atoms with van der Waals surface area (Å²) in [5.41, 5.74) is 1.03. The first-order chi connectivity index (χ1) is 14.0. The van der Waals surface area contributed by atoms with E-state index in [-0.39, 0.29) is 23.1 Å². The first kappa shape index (κ1) is 19.2. The number of carbonyl (C=O) groups excluding carboxylic acids is 3. The van der Waals surface area contributed by atoms with Crippen molar-refractivity contribution < 1.29 is 14.4 Å². The van der Waals surface area contributed by atoms with E-state index in [0.29, 0.717) is 23.4 Å². The Hall–Kier alpha value is -1.82. The van der Waals surface area contributed by atoms with Crippen LogP contribution in [0.1, 0.15) is 59.2 Å². The number of fused-ring (bicyclic) bond motifs is 1. The predicted molar refractivity (Wildman–Crippen MR) is 113 cm³/mol. The molecular weight excluding hydrogens is 384 g/mol. The molecule has 5 aliphatic rings. The number of carbonyl (C=O) groups is 3. The fraction of sp³-hybridized carbons (Fsp3) is 0.609. The second kappa shape index (κ2) is 7.15. The molecule has 1 atom stereocenters. The van der Waals surface area contributed by atoms with Crippen LogP contribution in [0.25, 0.3) is 0 Å². The molecule has 6 heteroatoms. The highest BCUT2D eigenvalue weighted by atomic mass is 32.2. The Morgan fingerprint density at radius 3 is 2.07 bits per heavy atom. The molecule has 1 N–H and O–H groups in total. The summed E-state index contributed by atoms with van der Waals surface area (Å²) >= 11 is 1.49. The van der Waals surface area contributed by atoms with E-state index in [1.54, 1.807) is 24.3 Å². The zero-order valence-corrected chi connectivity index (χ0v) is 17.7. The standard InChI is InChI=1S/C23H28N2O3S/c1-29-12-19(25-21(27)17-4-2-3-5-18(17)22(25)28)20(26)24-13-23-9-14-6-15(10-23)8-16(7-14)11-23/h2-5,14-16,19H,6-13H2,1H3,(H,24,26)/t14?,15?,16?,19-,23?/m1/s1. The summed E-state index contributed by atoms with van der Waals surface area (Å²) in [6.45, 7) is 0.684. The third-order valence-electron chi connectivity index (χ3n) is 7.57. The quantitative estimate of drug-likeness (QED) is 0.728. The van der Waals surface area contributed by atoms with Crippen molar-refractivity contribution in [1.82, 2.24) is 10.2 Å². The van der Waals surface area contributed by atoms with Gasteiger partial charge < -0.3 is 5.32 Å². The molecule has 0 aromatic heterocycles. The first-order valence-electron chi connectivity index (χ1n) is 10.7. The Bertz CT molecular complexity index is 797. The van der Waals surface area contributed by atoms with Crippen LogP contribution in [0.2, 0.25) is 0 Å².